The molecule has 0 aromatic heterocycles. The fourth-order valence-corrected chi connectivity index (χ4v) is 1.17. The number of rotatable bonds is 2. The van der Waals surface area contributed by atoms with Gasteiger partial charge in [0.1, 0.15) is 0 Å². The van der Waals surface area contributed by atoms with Crippen LogP contribution in [0.4, 0.5) is 8.78 Å². The van der Waals surface area contributed by atoms with Crippen molar-refractivity contribution < 1.29 is 32.4 Å². The van der Waals surface area contributed by atoms with E-state index in [4.69, 9.17) is 9.32 Å². The van der Waals surface area contributed by atoms with Gasteiger partial charge in [-0.3, -0.25) is 0 Å². The molecule has 0 atom stereocenters. The summed E-state index contributed by atoms with van der Waals surface area (Å²) in [7, 11) is 8.54. The van der Waals surface area contributed by atoms with Gasteiger partial charge in [-0.05, 0) is 0 Å². The number of methoxy groups -OCH3 is 1. The van der Waals surface area contributed by atoms with Crippen LogP contribution in [0.15, 0.2) is 0 Å². The lowest BCUT2D eigenvalue weighted by atomic mass is 10.0. The van der Waals surface area contributed by atoms with Crippen LogP contribution in [0.3, 0.4) is 0 Å². The van der Waals surface area contributed by atoms with Gasteiger partial charge in [0.05, 0.1) is 7.11 Å². The van der Waals surface area contributed by atoms with Gasteiger partial charge < -0.3 is 20.5 Å². The van der Waals surface area contributed by atoms with Crippen LogP contribution < -0.4 is 10.6 Å². The highest BCUT2D eigenvalue weighted by molar-refractivity contribution is 8.26. The van der Waals surface area contributed by atoms with Gasteiger partial charge in [-0.15, -0.1) is 24.8 Å². The Bertz CT molecular complexity index is 409. The van der Waals surface area contributed by atoms with Crippen LogP contribution in [0.25, 0.3) is 0 Å². The predicted octanol–water partition coefficient (Wildman–Crippen LogP) is 0.740. The Hall–Kier alpha value is 0.0300. The molecule has 0 spiro atoms. The molecule has 2 rings (SSSR count). The first-order chi connectivity index (χ1) is 9.57. The summed E-state index contributed by atoms with van der Waals surface area (Å²) in [6, 6.07) is 0. The SMILES string of the molecule is COC(=O)C1(F)CNC1.Cl.Cl.O=C(O)C1(F)CNC1.O=S(Cl)Cl. The summed E-state index contributed by atoms with van der Waals surface area (Å²) < 4.78 is 38.4. The quantitative estimate of drug-likeness (QED) is 0.427. The van der Waals surface area contributed by atoms with Crippen LogP contribution in [-0.2, 0) is 23.6 Å². The van der Waals surface area contributed by atoms with Gasteiger partial charge in [0.15, 0.2) is 0 Å². The smallest absolute Gasteiger partial charge is 0.346 e. The lowest BCUT2D eigenvalue weighted by molar-refractivity contribution is -0.158. The number of halogens is 6. The second-order valence-electron chi connectivity index (χ2n) is 4.12. The molecule has 23 heavy (non-hydrogen) atoms. The van der Waals surface area contributed by atoms with Gasteiger partial charge in [0.25, 0.3) is 0 Å². The number of carboxylic acids is 1. The number of hydrogen-bond acceptors (Lipinski definition) is 6. The molecular formula is C9H16Cl4F2N2O5S. The van der Waals surface area contributed by atoms with Crippen molar-refractivity contribution in [3.63, 3.8) is 0 Å². The van der Waals surface area contributed by atoms with E-state index in [1.807, 2.05) is 0 Å². The minimum Gasteiger partial charge on any atom is -0.479 e. The molecule has 2 fully saturated rings. The summed E-state index contributed by atoms with van der Waals surface area (Å²) in [5.41, 5.74) is -3.71. The minimum atomic E-state index is -1.97. The molecule has 2 heterocycles. The average Bonchev–Trinajstić information content (AvgIpc) is 2.31. The van der Waals surface area contributed by atoms with Gasteiger partial charge in [0, 0.05) is 47.5 Å². The van der Waals surface area contributed by atoms with Crippen LogP contribution in [0, 0.1) is 0 Å². The van der Waals surface area contributed by atoms with Crippen molar-refractivity contribution in [3.8, 4) is 0 Å². The number of nitrogens with one attached hydrogen (secondary N) is 2. The number of alkyl halides is 2. The average molecular weight is 444 g/mol. The molecule has 0 aliphatic carbocycles. The highest BCUT2D eigenvalue weighted by Crippen LogP contribution is 2.17. The standard InChI is InChI=1S/C5H8FNO2.C4H6FNO2.Cl2OS.2ClH/c1-9-4(8)5(6)2-7-3-5;5-4(3(7)8)1-6-2-4;1-4(2)3;;/h7H,2-3H2,1H3;6H,1-2H2,(H,7,8);;2*1H. The maximum absolute atomic E-state index is 12.8. The van der Waals surface area contributed by atoms with Crippen LogP contribution in [-0.4, -0.2) is 65.9 Å². The molecule has 0 unspecified atom stereocenters. The first-order valence-corrected chi connectivity index (χ1v) is 8.23. The molecule has 0 saturated carbocycles. The van der Waals surface area contributed by atoms with Gasteiger partial charge in [-0.25, -0.2) is 22.6 Å². The van der Waals surface area contributed by atoms with Gasteiger partial charge in [-0.1, -0.05) is 0 Å². The first kappa shape index (κ1) is 27.9. The van der Waals surface area contributed by atoms with E-state index >= 15 is 0 Å². The van der Waals surface area contributed by atoms with E-state index in [1.165, 1.54) is 7.11 Å². The van der Waals surface area contributed by atoms with Gasteiger partial charge in [-0.2, -0.15) is 0 Å². The normalized spacial score (nSPS) is 18.7. The molecule has 3 N–H and O–H groups in total. The molecule has 2 saturated heterocycles. The van der Waals surface area contributed by atoms with Crippen LogP contribution >= 0.6 is 46.2 Å². The van der Waals surface area contributed by atoms with E-state index in [0.29, 0.717) is 0 Å². The highest BCUT2D eigenvalue weighted by Gasteiger charge is 2.46. The summed E-state index contributed by atoms with van der Waals surface area (Å²) in [5, 5.41) is 13.2. The molecule has 0 radical (unpaired) electrons. The van der Waals surface area contributed by atoms with E-state index in [9.17, 15) is 18.4 Å². The van der Waals surface area contributed by atoms with E-state index in [0.717, 1.165) is 0 Å². The molecular weight excluding hydrogens is 428 g/mol. The Morgan fingerprint density at radius 1 is 1.09 bits per heavy atom. The number of carbonyl (C=O) groups excluding carboxylic acids is 1. The first-order valence-electron chi connectivity index (χ1n) is 5.43. The minimum absolute atomic E-state index is 0. The number of ether oxygens (including phenoxy) is 1. The Labute approximate surface area is 155 Å². The van der Waals surface area contributed by atoms with Gasteiger partial charge in [0.2, 0.25) is 20.6 Å². The summed E-state index contributed by atoms with van der Waals surface area (Å²) in [5.74, 6) is -2.14. The lowest BCUT2D eigenvalue weighted by Crippen LogP contribution is -2.61. The third-order valence-electron chi connectivity index (χ3n) is 2.56. The third-order valence-corrected chi connectivity index (χ3v) is 2.56. The zero-order valence-electron chi connectivity index (χ0n) is 11.6. The van der Waals surface area contributed by atoms with Crippen molar-refractivity contribution in [2.45, 2.75) is 11.3 Å². The summed E-state index contributed by atoms with van der Waals surface area (Å²) in [6.45, 7) is 0.0595. The molecule has 2 aliphatic heterocycles. The number of carbonyl (C=O) groups is 2. The van der Waals surface area contributed by atoms with Crippen molar-refractivity contribution >= 4 is 67.3 Å². The second kappa shape index (κ2) is 12.4. The molecule has 0 amide bonds. The van der Waals surface area contributed by atoms with Crippen LogP contribution in [0.1, 0.15) is 0 Å². The monoisotopic (exact) mass is 442 g/mol. The number of esters is 1. The van der Waals surface area contributed by atoms with E-state index in [-0.39, 0.29) is 51.0 Å². The molecule has 0 bridgehead atoms. The summed E-state index contributed by atoms with van der Waals surface area (Å²) >= 11 is 0. The Morgan fingerprint density at radius 2 is 1.39 bits per heavy atom. The second-order valence-corrected chi connectivity index (χ2v) is 6.64. The van der Waals surface area contributed by atoms with E-state index in [1.54, 1.807) is 0 Å². The molecule has 140 valence electrons. The van der Waals surface area contributed by atoms with Crippen molar-refractivity contribution in [2.75, 3.05) is 33.3 Å². The Morgan fingerprint density at radius 3 is 1.43 bits per heavy atom. The van der Waals surface area contributed by atoms with E-state index in [2.05, 4.69) is 36.7 Å². The molecule has 0 aromatic carbocycles. The van der Waals surface area contributed by atoms with Gasteiger partial charge >= 0.3 is 11.9 Å². The topological polar surface area (TPSA) is 105 Å². The fraction of sp³-hybridized carbons (Fsp3) is 0.778. The molecule has 0 aromatic rings. The molecule has 14 heteroatoms. The largest absolute Gasteiger partial charge is 0.479 e. The predicted molar refractivity (Wildman–Crippen MR) is 87.4 cm³/mol. The van der Waals surface area contributed by atoms with Crippen molar-refractivity contribution in [3.05, 3.63) is 0 Å². The molecule has 7 nitrogen and oxygen atoms in total. The maximum Gasteiger partial charge on any atom is 0.346 e. The Balaban J connectivity index is -0.000000267. The summed E-state index contributed by atoms with van der Waals surface area (Å²) in [4.78, 5) is 20.4. The Kier molecular flexibility index (Phi) is 15.0. The zero-order chi connectivity index (χ0) is 16.7. The highest BCUT2D eigenvalue weighted by atomic mass is 36.0. The number of carboxylic acid groups (broad SMARTS) is 1. The van der Waals surface area contributed by atoms with Crippen LogP contribution in [0.2, 0.25) is 0 Å². The third kappa shape index (κ3) is 9.80. The van der Waals surface area contributed by atoms with Crippen molar-refractivity contribution in [1.29, 1.82) is 0 Å². The van der Waals surface area contributed by atoms with Crippen molar-refractivity contribution in [2.24, 2.45) is 0 Å². The summed E-state index contributed by atoms with van der Waals surface area (Å²) in [6.07, 6.45) is 0. The number of aliphatic carboxylic acids is 1. The van der Waals surface area contributed by atoms with Crippen molar-refractivity contribution in [1.82, 2.24) is 10.6 Å². The fourth-order valence-electron chi connectivity index (χ4n) is 1.17. The lowest BCUT2D eigenvalue weighted by Gasteiger charge is -2.31. The van der Waals surface area contributed by atoms with E-state index < -0.39 is 32.5 Å². The maximum atomic E-state index is 12.8. The zero-order valence-corrected chi connectivity index (χ0v) is 15.6. The number of hydrogen-bond donors (Lipinski definition) is 3. The molecule has 2 aliphatic rings. The van der Waals surface area contributed by atoms with Crippen LogP contribution in [0.5, 0.6) is 0 Å².